The van der Waals surface area contributed by atoms with Crippen molar-refractivity contribution >= 4 is 0 Å². The Morgan fingerprint density at radius 3 is 2.36 bits per heavy atom. The Morgan fingerprint density at radius 1 is 1.29 bits per heavy atom. The van der Waals surface area contributed by atoms with Crippen molar-refractivity contribution < 1.29 is 9.50 Å². The smallest absolute Gasteiger partial charge is 0.123 e. The van der Waals surface area contributed by atoms with E-state index in [0.29, 0.717) is 0 Å². The second-order valence-corrected chi connectivity index (χ2v) is 3.49. The third-order valence-electron chi connectivity index (χ3n) is 2.42. The molecule has 0 radical (unpaired) electrons. The van der Waals surface area contributed by atoms with Gasteiger partial charge >= 0.3 is 0 Å². The maximum atomic E-state index is 12.8. The summed E-state index contributed by atoms with van der Waals surface area (Å²) in [5.41, 5.74) is 1.01. The van der Waals surface area contributed by atoms with Gasteiger partial charge in [0.25, 0.3) is 0 Å². The molecule has 0 spiro atoms. The number of hydrogen-bond donors (Lipinski definition) is 1. The van der Waals surface area contributed by atoms with E-state index in [1.807, 2.05) is 20.8 Å². The van der Waals surface area contributed by atoms with Gasteiger partial charge < -0.3 is 5.11 Å². The second-order valence-electron chi connectivity index (χ2n) is 3.49. The highest BCUT2D eigenvalue weighted by Crippen LogP contribution is 2.46. The van der Waals surface area contributed by atoms with Crippen molar-refractivity contribution in [2.75, 3.05) is 0 Å². The lowest BCUT2D eigenvalue weighted by Crippen LogP contribution is -2.06. The molecule has 2 heteroatoms. The molecule has 0 saturated heterocycles. The Hall–Kier alpha value is -0.890. The highest BCUT2D eigenvalue weighted by Gasteiger charge is 2.43. The first kappa shape index (κ1) is 11.2. The molecule has 1 aromatic carbocycles. The van der Waals surface area contributed by atoms with E-state index in [1.54, 1.807) is 6.07 Å². The van der Waals surface area contributed by atoms with Crippen LogP contribution in [0.5, 0.6) is 0 Å². The standard InChI is InChI=1S/C10H11FO.C2H6/c1-7-2-3-8(11)6-9(7)10(12)4-5-10;1-2/h2-3,6,12H,4-5H2,1H3;1-2H3. The van der Waals surface area contributed by atoms with Crippen molar-refractivity contribution in [1.82, 2.24) is 0 Å². The van der Waals surface area contributed by atoms with E-state index in [-0.39, 0.29) is 5.82 Å². The van der Waals surface area contributed by atoms with Gasteiger partial charge in [-0.25, -0.2) is 4.39 Å². The van der Waals surface area contributed by atoms with Crippen LogP contribution in [0.15, 0.2) is 18.2 Å². The second kappa shape index (κ2) is 4.09. The predicted octanol–water partition coefficient (Wildman–Crippen LogP) is 3.14. The first-order valence-corrected chi connectivity index (χ1v) is 5.11. The van der Waals surface area contributed by atoms with E-state index >= 15 is 0 Å². The molecule has 1 nitrogen and oxygen atoms in total. The highest BCUT2D eigenvalue weighted by molar-refractivity contribution is 5.35. The molecule has 78 valence electrons. The van der Waals surface area contributed by atoms with E-state index in [1.165, 1.54) is 12.1 Å². The van der Waals surface area contributed by atoms with Crippen molar-refractivity contribution in [3.8, 4) is 0 Å². The van der Waals surface area contributed by atoms with Crippen LogP contribution in [0.25, 0.3) is 0 Å². The minimum Gasteiger partial charge on any atom is -0.385 e. The molecule has 0 aliphatic heterocycles. The fourth-order valence-electron chi connectivity index (χ4n) is 1.48. The number of rotatable bonds is 1. The molecule has 0 amide bonds. The molecule has 1 aliphatic rings. The van der Waals surface area contributed by atoms with Crippen LogP contribution in [0, 0.1) is 12.7 Å². The van der Waals surface area contributed by atoms with Gasteiger partial charge in [0.1, 0.15) is 5.82 Å². The van der Waals surface area contributed by atoms with E-state index in [2.05, 4.69) is 0 Å². The molecular weight excluding hydrogens is 179 g/mol. The minimum atomic E-state index is -0.716. The van der Waals surface area contributed by atoms with Gasteiger partial charge in [0.05, 0.1) is 5.60 Å². The van der Waals surface area contributed by atoms with Gasteiger partial charge in [0.2, 0.25) is 0 Å². The summed E-state index contributed by atoms with van der Waals surface area (Å²) < 4.78 is 12.8. The largest absolute Gasteiger partial charge is 0.385 e. The van der Waals surface area contributed by atoms with Gasteiger partial charge in [0.15, 0.2) is 0 Å². The molecular formula is C12H17FO. The average Bonchev–Trinajstić information content (AvgIpc) is 2.93. The summed E-state index contributed by atoms with van der Waals surface area (Å²) in [5.74, 6) is -0.268. The number of aryl methyl sites for hydroxylation is 1. The molecule has 1 aliphatic carbocycles. The molecule has 0 bridgehead atoms. The number of aliphatic hydroxyl groups is 1. The Bertz CT molecular complexity index is 316. The molecule has 0 atom stereocenters. The Labute approximate surface area is 84.6 Å². The molecule has 0 unspecified atom stereocenters. The SMILES string of the molecule is CC.Cc1ccc(F)cc1C1(O)CC1. The summed E-state index contributed by atoms with van der Waals surface area (Å²) in [6, 6.07) is 4.56. The third kappa shape index (κ3) is 2.13. The Balaban J connectivity index is 0.000000461. The van der Waals surface area contributed by atoms with Crippen molar-refractivity contribution in [2.45, 2.75) is 39.2 Å². The zero-order valence-corrected chi connectivity index (χ0v) is 8.97. The summed E-state index contributed by atoms with van der Waals surface area (Å²) in [6.07, 6.45) is 1.52. The van der Waals surface area contributed by atoms with Gasteiger partial charge in [0, 0.05) is 0 Å². The van der Waals surface area contributed by atoms with Crippen molar-refractivity contribution in [2.24, 2.45) is 0 Å². The molecule has 1 aromatic rings. The van der Waals surface area contributed by atoms with Gasteiger partial charge in [-0.15, -0.1) is 0 Å². The first-order valence-electron chi connectivity index (χ1n) is 5.11. The molecule has 1 saturated carbocycles. The van der Waals surface area contributed by atoms with Crippen LogP contribution < -0.4 is 0 Å². The molecule has 1 fully saturated rings. The van der Waals surface area contributed by atoms with Crippen LogP contribution >= 0.6 is 0 Å². The summed E-state index contributed by atoms with van der Waals surface area (Å²) in [7, 11) is 0. The van der Waals surface area contributed by atoms with Crippen LogP contribution in [-0.4, -0.2) is 5.11 Å². The van der Waals surface area contributed by atoms with Crippen LogP contribution in [0.3, 0.4) is 0 Å². The van der Waals surface area contributed by atoms with Gasteiger partial charge in [-0.3, -0.25) is 0 Å². The monoisotopic (exact) mass is 196 g/mol. The van der Waals surface area contributed by atoms with Crippen LogP contribution in [0.2, 0.25) is 0 Å². The fourth-order valence-corrected chi connectivity index (χ4v) is 1.48. The Morgan fingerprint density at radius 2 is 1.86 bits per heavy atom. The van der Waals surface area contributed by atoms with Crippen LogP contribution in [-0.2, 0) is 5.60 Å². The maximum absolute atomic E-state index is 12.8. The van der Waals surface area contributed by atoms with E-state index in [9.17, 15) is 9.50 Å². The van der Waals surface area contributed by atoms with Crippen LogP contribution in [0.1, 0.15) is 37.8 Å². The lowest BCUT2D eigenvalue weighted by Gasteiger charge is -2.10. The van der Waals surface area contributed by atoms with E-state index < -0.39 is 5.60 Å². The summed E-state index contributed by atoms with van der Waals surface area (Å²) in [4.78, 5) is 0. The molecule has 2 rings (SSSR count). The van der Waals surface area contributed by atoms with Gasteiger partial charge in [-0.05, 0) is 43.0 Å². The van der Waals surface area contributed by atoms with Crippen molar-refractivity contribution in [3.63, 3.8) is 0 Å². The zero-order valence-electron chi connectivity index (χ0n) is 8.97. The molecule has 14 heavy (non-hydrogen) atoms. The molecule has 0 heterocycles. The van der Waals surface area contributed by atoms with E-state index in [0.717, 1.165) is 24.0 Å². The number of halogens is 1. The van der Waals surface area contributed by atoms with Crippen molar-refractivity contribution in [3.05, 3.63) is 35.1 Å². The van der Waals surface area contributed by atoms with Gasteiger partial charge in [-0.1, -0.05) is 19.9 Å². The summed E-state index contributed by atoms with van der Waals surface area (Å²) in [5, 5.41) is 9.74. The van der Waals surface area contributed by atoms with E-state index in [4.69, 9.17) is 0 Å². The first-order chi connectivity index (χ1) is 6.62. The topological polar surface area (TPSA) is 20.2 Å². The highest BCUT2D eigenvalue weighted by atomic mass is 19.1. The average molecular weight is 196 g/mol. The van der Waals surface area contributed by atoms with Crippen molar-refractivity contribution in [1.29, 1.82) is 0 Å². The Kier molecular flexibility index (Phi) is 3.27. The van der Waals surface area contributed by atoms with Gasteiger partial charge in [-0.2, -0.15) is 0 Å². The summed E-state index contributed by atoms with van der Waals surface area (Å²) >= 11 is 0. The minimum absolute atomic E-state index is 0.268. The quantitative estimate of drug-likeness (QED) is 0.731. The lowest BCUT2D eigenvalue weighted by molar-refractivity contribution is 0.150. The fraction of sp³-hybridized carbons (Fsp3) is 0.500. The lowest BCUT2D eigenvalue weighted by atomic mass is 10.0. The third-order valence-corrected chi connectivity index (χ3v) is 2.42. The molecule has 1 N–H and O–H groups in total. The number of hydrogen-bond acceptors (Lipinski definition) is 1. The predicted molar refractivity (Wildman–Crippen MR) is 55.6 cm³/mol. The summed E-state index contributed by atoms with van der Waals surface area (Å²) in [6.45, 7) is 5.89. The van der Waals surface area contributed by atoms with Crippen LogP contribution in [0.4, 0.5) is 4.39 Å². The maximum Gasteiger partial charge on any atom is 0.123 e. The zero-order chi connectivity index (χ0) is 10.8. The normalized spacial score (nSPS) is 16.9. The molecule has 0 aromatic heterocycles. The number of benzene rings is 1.